The standard InChI is InChI=1S/C27H37N7O6/c1-4-14(2)22(27(39)40)33-25(37)21(9-16-11-30-20-8-6-5-7-18(16)20)32-26(38)23(15(3)35)34-24(36)19(28)10-17-12-29-13-31-17/h5-8,11-15,19,21-23,30,35H,4,9-10,28H2,1-3H3,(H,29,31)(H,32,38)(H,33,37)(H,34,36)(H,39,40). The molecule has 3 aromatic rings. The fourth-order valence-corrected chi connectivity index (χ4v) is 4.32. The summed E-state index contributed by atoms with van der Waals surface area (Å²) in [5.74, 6) is -3.78. The number of hydrogen-bond acceptors (Lipinski definition) is 7. The van der Waals surface area contributed by atoms with Gasteiger partial charge in [-0.05, 0) is 24.5 Å². The quantitative estimate of drug-likeness (QED) is 0.135. The molecule has 0 radical (unpaired) electrons. The molecular weight excluding hydrogens is 518 g/mol. The molecule has 3 amide bonds. The summed E-state index contributed by atoms with van der Waals surface area (Å²) in [6.45, 7) is 4.84. The Hall–Kier alpha value is -4.23. The zero-order valence-corrected chi connectivity index (χ0v) is 22.7. The van der Waals surface area contributed by atoms with Gasteiger partial charge in [0, 0.05) is 41.8 Å². The van der Waals surface area contributed by atoms with Crippen LogP contribution in [0.2, 0.25) is 0 Å². The van der Waals surface area contributed by atoms with Gasteiger partial charge in [0.2, 0.25) is 17.7 Å². The Morgan fingerprint density at radius 2 is 1.68 bits per heavy atom. The number of rotatable bonds is 14. The van der Waals surface area contributed by atoms with E-state index in [1.165, 1.54) is 19.4 Å². The lowest BCUT2D eigenvalue weighted by Crippen LogP contribution is -2.60. The van der Waals surface area contributed by atoms with Crippen LogP contribution in [0.3, 0.4) is 0 Å². The van der Waals surface area contributed by atoms with Crippen molar-refractivity contribution in [1.82, 2.24) is 30.9 Å². The van der Waals surface area contributed by atoms with Crippen LogP contribution < -0.4 is 21.7 Å². The van der Waals surface area contributed by atoms with Crippen LogP contribution >= 0.6 is 0 Å². The molecule has 6 atom stereocenters. The van der Waals surface area contributed by atoms with E-state index >= 15 is 0 Å². The number of carbonyl (C=O) groups is 4. The second-order valence-corrected chi connectivity index (χ2v) is 9.95. The SMILES string of the molecule is CCC(C)C(NC(=O)C(Cc1c[nH]c2ccccc12)NC(=O)C(NC(=O)C(N)Cc1cnc[nH]1)C(C)O)C(=O)O. The van der Waals surface area contributed by atoms with E-state index in [-0.39, 0.29) is 18.8 Å². The minimum Gasteiger partial charge on any atom is -0.480 e. The van der Waals surface area contributed by atoms with Gasteiger partial charge < -0.3 is 41.9 Å². The summed E-state index contributed by atoms with van der Waals surface area (Å²) in [5.41, 5.74) is 8.13. The Morgan fingerprint density at radius 3 is 2.30 bits per heavy atom. The first-order valence-corrected chi connectivity index (χ1v) is 13.1. The van der Waals surface area contributed by atoms with Crippen molar-refractivity contribution < 1.29 is 29.4 Å². The number of carbonyl (C=O) groups excluding carboxylic acids is 3. The Morgan fingerprint density at radius 1 is 0.975 bits per heavy atom. The third kappa shape index (κ3) is 7.67. The van der Waals surface area contributed by atoms with Crippen molar-refractivity contribution in [3.63, 3.8) is 0 Å². The van der Waals surface area contributed by atoms with Gasteiger partial charge in [-0.3, -0.25) is 14.4 Å². The molecule has 0 fully saturated rings. The number of carboxylic acids is 1. The third-order valence-corrected chi connectivity index (χ3v) is 6.90. The number of carboxylic acid groups (broad SMARTS) is 1. The number of fused-ring (bicyclic) bond motifs is 1. The summed E-state index contributed by atoms with van der Waals surface area (Å²) in [7, 11) is 0. The van der Waals surface area contributed by atoms with Crippen LogP contribution in [-0.4, -0.2) is 79.1 Å². The molecule has 0 aliphatic rings. The van der Waals surface area contributed by atoms with Gasteiger partial charge in [0.15, 0.2) is 0 Å². The van der Waals surface area contributed by atoms with E-state index in [1.807, 2.05) is 31.2 Å². The van der Waals surface area contributed by atoms with Gasteiger partial charge in [0.05, 0.1) is 18.5 Å². The molecule has 216 valence electrons. The fourth-order valence-electron chi connectivity index (χ4n) is 4.32. The molecule has 6 unspecified atom stereocenters. The van der Waals surface area contributed by atoms with E-state index < -0.39 is 54.0 Å². The molecule has 0 spiro atoms. The van der Waals surface area contributed by atoms with Gasteiger partial charge in [0.1, 0.15) is 18.1 Å². The van der Waals surface area contributed by atoms with E-state index in [9.17, 15) is 29.4 Å². The molecule has 0 aliphatic heterocycles. The summed E-state index contributed by atoms with van der Waals surface area (Å²) >= 11 is 0. The number of nitrogens with zero attached hydrogens (tertiary/aromatic N) is 1. The van der Waals surface area contributed by atoms with Crippen molar-refractivity contribution in [3.05, 3.63) is 54.2 Å². The first-order valence-electron chi connectivity index (χ1n) is 13.1. The van der Waals surface area contributed by atoms with E-state index in [2.05, 4.69) is 30.9 Å². The molecule has 2 aromatic heterocycles. The number of aromatic amines is 2. The molecule has 3 rings (SSSR count). The van der Waals surface area contributed by atoms with Gasteiger partial charge >= 0.3 is 5.97 Å². The number of benzene rings is 1. The molecule has 2 heterocycles. The van der Waals surface area contributed by atoms with Crippen molar-refractivity contribution >= 4 is 34.6 Å². The predicted octanol–water partition coefficient (Wildman–Crippen LogP) is -0.0306. The van der Waals surface area contributed by atoms with E-state index in [0.717, 1.165) is 10.9 Å². The second-order valence-electron chi connectivity index (χ2n) is 9.95. The fraction of sp³-hybridized carbons (Fsp3) is 0.444. The van der Waals surface area contributed by atoms with Crippen LogP contribution in [0.25, 0.3) is 10.9 Å². The van der Waals surface area contributed by atoms with Gasteiger partial charge in [-0.25, -0.2) is 9.78 Å². The molecule has 0 aliphatic carbocycles. The second kappa shape index (κ2) is 13.7. The van der Waals surface area contributed by atoms with Crippen molar-refractivity contribution in [2.45, 2.75) is 70.3 Å². The molecule has 0 saturated heterocycles. The lowest BCUT2D eigenvalue weighted by Gasteiger charge is -2.27. The lowest BCUT2D eigenvalue weighted by molar-refractivity contribution is -0.144. The maximum atomic E-state index is 13.4. The van der Waals surface area contributed by atoms with Crippen molar-refractivity contribution in [1.29, 1.82) is 0 Å². The molecule has 1 aromatic carbocycles. The molecule has 0 bridgehead atoms. The number of nitrogens with two attached hydrogens (primary N) is 1. The number of para-hydroxylation sites is 1. The minimum absolute atomic E-state index is 0.0221. The lowest BCUT2D eigenvalue weighted by atomic mass is 9.97. The molecule has 40 heavy (non-hydrogen) atoms. The van der Waals surface area contributed by atoms with Gasteiger partial charge in [0.25, 0.3) is 0 Å². The number of imidazole rings is 1. The number of aliphatic hydroxyl groups excluding tert-OH is 1. The number of aliphatic hydroxyl groups is 1. The van der Waals surface area contributed by atoms with Gasteiger partial charge in [-0.2, -0.15) is 0 Å². The monoisotopic (exact) mass is 555 g/mol. The van der Waals surface area contributed by atoms with Crippen molar-refractivity contribution in [2.24, 2.45) is 11.7 Å². The zero-order chi connectivity index (χ0) is 29.4. The van der Waals surface area contributed by atoms with Crippen molar-refractivity contribution in [3.8, 4) is 0 Å². The summed E-state index contributed by atoms with van der Waals surface area (Å²) in [6, 6.07) is 2.56. The van der Waals surface area contributed by atoms with E-state index in [1.54, 1.807) is 13.1 Å². The highest BCUT2D eigenvalue weighted by atomic mass is 16.4. The highest BCUT2D eigenvalue weighted by Crippen LogP contribution is 2.20. The average molecular weight is 556 g/mol. The summed E-state index contributed by atoms with van der Waals surface area (Å²) in [4.78, 5) is 61.1. The minimum atomic E-state index is -1.43. The van der Waals surface area contributed by atoms with E-state index in [4.69, 9.17) is 5.73 Å². The molecule has 13 nitrogen and oxygen atoms in total. The average Bonchev–Trinajstić information content (AvgIpc) is 3.58. The van der Waals surface area contributed by atoms with Crippen LogP contribution in [0, 0.1) is 5.92 Å². The third-order valence-electron chi connectivity index (χ3n) is 6.90. The highest BCUT2D eigenvalue weighted by Gasteiger charge is 2.34. The Kier molecular flexibility index (Phi) is 10.4. The number of aromatic nitrogens is 3. The van der Waals surface area contributed by atoms with Gasteiger partial charge in [-0.15, -0.1) is 0 Å². The zero-order valence-electron chi connectivity index (χ0n) is 22.7. The smallest absolute Gasteiger partial charge is 0.326 e. The predicted molar refractivity (Wildman–Crippen MR) is 147 cm³/mol. The first kappa shape index (κ1) is 30.3. The Bertz CT molecular complexity index is 1310. The summed E-state index contributed by atoms with van der Waals surface area (Å²) in [6.07, 6.45) is 4.00. The first-order chi connectivity index (χ1) is 19.0. The maximum absolute atomic E-state index is 13.4. The van der Waals surface area contributed by atoms with Gasteiger partial charge in [-0.1, -0.05) is 38.5 Å². The molecule has 9 N–H and O–H groups in total. The normalized spacial score (nSPS) is 15.8. The van der Waals surface area contributed by atoms with Crippen LogP contribution in [0.4, 0.5) is 0 Å². The topological polar surface area (TPSA) is 215 Å². The number of aliphatic carboxylic acids is 1. The number of nitrogens with one attached hydrogen (secondary N) is 5. The van der Waals surface area contributed by atoms with Crippen LogP contribution in [0.5, 0.6) is 0 Å². The number of amides is 3. The summed E-state index contributed by atoms with van der Waals surface area (Å²) < 4.78 is 0. The van der Waals surface area contributed by atoms with Crippen molar-refractivity contribution in [2.75, 3.05) is 0 Å². The Balaban J connectivity index is 1.81. The van der Waals surface area contributed by atoms with E-state index in [0.29, 0.717) is 17.7 Å². The number of H-pyrrole nitrogens is 2. The maximum Gasteiger partial charge on any atom is 0.326 e. The summed E-state index contributed by atoms with van der Waals surface area (Å²) in [5, 5.41) is 28.4. The van der Waals surface area contributed by atoms with Crippen LogP contribution in [0.15, 0.2) is 43.0 Å². The van der Waals surface area contributed by atoms with Crippen LogP contribution in [-0.2, 0) is 32.0 Å². The molecular formula is C27H37N7O6. The van der Waals surface area contributed by atoms with Crippen LogP contribution in [0.1, 0.15) is 38.4 Å². The highest BCUT2D eigenvalue weighted by molar-refractivity contribution is 5.95. The number of hydrogen-bond donors (Lipinski definition) is 8. The largest absolute Gasteiger partial charge is 0.480 e. The molecule has 0 saturated carbocycles. The Labute approximate surface area is 231 Å². The molecule has 13 heteroatoms.